The van der Waals surface area contributed by atoms with Gasteiger partial charge in [0.25, 0.3) is 0 Å². The lowest BCUT2D eigenvalue weighted by Crippen LogP contribution is -2.39. The van der Waals surface area contributed by atoms with Crippen LogP contribution in [-0.4, -0.2) is 35.1 Å². The standard InChI is InChI=1S/C12H25N3O/c1-2-11-7-3-5-9-15(11)10-6-4-8-12(13)14-16/h11,16H,2-10H2,1H3,(H2,13,14). The first kappa shape index (κ1) is 13.3. The van der Waals surface area contributed by atoms with Crippen LogP contribution < -0.4 is 5.73 Å². The summed E-state index contributed by atoms with van der Waals surface area (Å²) in [6.45, 7) is 4.69. The number of hydrogen-bond donors (Lipinski definition) is 2. The molecule has 0 aliphatic carbocycles. The molecule has 0 radical (unpaired) electrons. The molecule has 16 heavy (non-hydrogen) atoms. The number of hydrogen-bond acceptors (Lipinski definition) is 3. The molecule has 1 saturated heterocycles. The normalized spacial score (nSPS) is 23.6. The van der Waals surface area contributed by atoms with Crippen LogP contribution in [0.15, 0.2) is 5.16 Å². The number of piperidine rings is 1. The average molecular weight is 227 g/mol. The SMILES string of the molecule is CCC1CCCCN1CCCC/C(N)=N/O. The maximum atomic E-state index is 8.42. The third kappa shape index (κ3) is 4.39. The molecule has 1 aliphatic rings. The average Bonchev–Trinajstić information content (AvgIpc) is 2.34. The molecule has 3 N–H and O–H groups in total. The molecule has 0 aromatic heterocycles. The molecule has 0 saturated carbocycles. The molecule has 0 aromatic rings. The Labute approximate surface area is 98.5 Å². The van der Waals surface area contributed by atoms with Crippen molar-refractivity contribution in [2.24, 2.45) is 10.9 Å². The van der Waals surface area contributed by atoms with E-state index in [1.165, 1.54) is 32.2 Å². The summed E-state index contributed by atoms with van der Waals surface area (Å²) in [7, 11) is 0. The first-order valence-electron chi connectivity index (χ1n) is 6.48. The number of nitrogens with two attached hydrogens (primary N) is 1. The summed E-state index contributed by atoms with van der Waals surface area (Å²) in [6.07, 6.45) is 8.23. The van der Waals surface area contributed by atoms with Crippen molar-refractivity contribution in [3.8, 4) is 0 Å². The lowest BCUT2D eigenvalue weighted by atomic mass is 9.99. The fourth-order valence-electron chi connectivity index (χ4n) is 2.49. The predicted molar refractivity (Wildman–Crippen MR) is 66.8 cm³/mol. The van der Waals surface area contributed by atoms with Gasteiger partial charge < -0.3 is 15.8 Å². The summed E-state index contributed by atoms with van der Waals surface area (Å²) in [5, 5.41) is 11.4. The zero-order chi connectivity index (χ0) is 11.8. The van der Waals surface area contributed by atoms with Crippen LogP contribution in [0, 0.1) is 0 Å². The Morgan fingerprint density at radius 3 is 2.94 bits per heavy atom. The molecule has 1 rings (SSSR count). The molecule has 4 heteroatoms. The van der Waals surface area contributed by atoms with Crippen LogP contribution in [0.2, 0.25) is 0 Å². The van der Waals surface area contributed by atoms with Gasteiger partial charge in [0.05, 0.1) is 0 Å². The van der Waals surface area contributed by atoms with Crippen molar-refractivity contribution < 1.29 is 5.21 Å². The van der Waals surface area contributed by atoms with Crippen LogP contribution in [0.1, 0.15) is 51.9 Å². The van der Waals surface area contributed by atoms with Gasteiger partial charge >= 0.3 is 0 Å². The molecule has 1 unspecified atom stereocenters. The summed E-state index contributed by atoms with van der Waals surface area (Å²) in [4.78, 5) is 2.61. The molecule has 0 spiro atoms. The van der Waals surface area contributed by atoms with Gasteiger partial charge in [0.1, 0.15) is 5.84 Å². The lowest BCUT2D eigenvalue weighted by molar-refractivity contribution is 0.142. The molecule has 1 atom stereocenters. The minimum atomic E-state index is 0.352. The highest BCUT2D eigenvalue weighted by molar-refractivity contribution is 5.79. The molecule has 0 aromatic carbocycles. The Bertz CT molecular complexity index is 218. The molecule has 1 fully saturated rings. The molecular formula is C12H25N3O. The van der Waals surface area contributed by atoms with Crippen LogP contribution in [0.5, 0.6) is 0 Å². The zero-order valence-corrected chi connectivity index (χ0v) is 10.4. The van der Waals surface area contributed by atoms with E-state index in [2.05, 4.69) is 17.0 Å². The Kier molecular flexibility index (Phi) is 6.23. The predicted octanol–water partition coefficient (Wildman–Crippen LogP) is 2.17. The number of likely N-dealkylation sites (tertiary alicyclic amines) is 1. The fraction of sp³-hybridized carbons (Fsp3) is 0.917. The minimum absolute atomic E-state index is 0.352. The van der Waals surface area contributed by atoms with E-state index in [1.807, 2.05) is 0 Å². The molecule has 4 nitrogen and oxygen atoms in total. The van der Waals surface area contributed by atoms with E-state index in [0.29, 0.717) is 12.3 Å². The number of amidine groups is 1. The highest BCUT2D eigenvalue weighted by Crippen LogP contribution is 2.19. The van der Waals surface area contributed by atoms with Crippen molar-refractivity contribution in [3.05, 3.63) is 0 Å². The third-order valence-corrected chi connectivity index (χ3v) is 3.48. The van der Waals surface area contributed by atoms with E-state index in [-0.39, 0.29) is 0 Å². The van der Waals surface area contributed by atoms with Gasteiger partial charge in [-0.25, -0.2) is 0 Å². The Morgan fingerprint density at radius 1 is 1.44 bits per heavy atom. The second-order valence-corrected chi connectivity index (χ2v) is 4.64. The van der Waals surface area contributed by atoms with Crippen LogP contribution in [-0.2, 0) is 0 Å². The zero-order valence-electron chi connectivity index (χ0n) is 10.4. The van der Waals surface area contributed by atoms with Gasteiger partial charge in [0.2, 0.25) is 0 Å². The van der Waals surface area contributed by atoms with Gasteiger partial charge in [-0.3, -0.25) is 0 Å². The summed E-state index contributed by atoms with van der Waals surface area (Å²) in [5.74, 6) is 0.352. The smallest absolute Gasteiger partial charge is 0.139 e. The van der Waals surface area contributed by atoms with Crippen molar-refractivity contribution in [2.45, 2.75) is 57.9 Å². The van der Waals surface area contributed by atoms with E-state index < -0.39 is 0 Å². The van der Waals surface area contributed by atoms with Crippen LogP contribution >= 0.6 is 0 Å². The van der Waals surface area contributed by atoms with Crippen molar-refractivity contribution in [1.29, 1.82) is 0 Å². The van der Waals surface area contributed by atoms with Gasteiger partial charge in [-0.15, -0.1) is 0 Å². The molecule has 0 bridgehead atoms. The second-order valence-electron chi connectivity index (χ2n) is 4.64. The van der Waals surface area contributed by atoms with Crippen LogP contribution in [0.4, 0.5) is 0 Å². The van der Waals surface area contributed by atoms with E-state index >= 15 is 0 Å². The van der Waals surface area contributed by atoms with Gasteiger partial charge in [-0.1, -0.05) is 18.5 Å². The van der Waals surface area contributed by atoms with Crippen LogP contribution in [0.3, 0.4) is 0 Å². The minimum Gasteiger partial charge on any atom is -0.409 e. The van der Waals surface area contributed by atoms with Gasteiger partial charge in [0, 0.05) is 12.5 Å². The van der Waals surface area contributed by atoms with Gasteiger partial charge in [-0.05, 0) is 45.2 Å². The highest BCUT2D eigenvalue weighted by Gasteiger charge is 2.19. The van der Waals surface area contributed by atoms with E-state index in [4.69, 9.17) is 10.9 Å². The highest BCUT2D eigenvalue weighted by atomic mass is 16.4. The Balaban J connectivity index is 2.15. The molecule has 1 heterocycles. The van der Waals surface area contributed by atoms with E-state index in [0.717, 1.165) is 25.4 Å². The number of unbranched alkanes of at least 4 members (excludes halogenated alkanes) is 1. The van der Waals surface area contributed by atoms with Crippen molar-refractivity contribution in [1.82, 2.24) is 4.90 Å². The van der Waals surface area contributed by atoms with Crippen LogP contribution in [0.25, 0.3) is 0 Å². The number of nitrogens with zero attached hydrogens (tertiary/aromatic N) is 2. The molecule has 0 amide bonds. The molecule has 94 valence electrons. The van der Waals surface area contributed by atoms with E-state index in [1.54, 1.807) is 0 Å². The first-order chi connectivity index (χ1) is 7.77. The second kappa shape index (κ2) is 7.49. The maximum Gasteiger partial charge on any atom is 0.139 e. The summed E-state index contributed by atoms with van der Waals surface area (Å²) >= 11 is 0. The van der Waals surface area contributed by atoms with Gasteiger partial charge in [-0.2, -0.15) is 0 Å². The summed E-state index contributed by atoms with van der Waals surface area (Å²) < 4.78 is 0. The van der Waals surface area contributed by atoms with E-state index in [9.17, 15) is 0 Å². The lowest BCUT2D eigenvalue weighted by Gasteiger charge is -2.35. The quantitative estimate of drug-likeness (QED) is 0.240. The molecular weight excluding hydrogens is 202 g/mol. The summed E-state index contributed by atoms with van der Waals surface area (Å²) in [6, 6.07) is 0.789. The maximum absolute atomic E-state index is 8.42. The topological polar surface area (TPSA) is 61.8 Å². The Hall–Kier alpha value is -0.770. The Morgan fingerprint density at radius 2 is 2.25 bits per heavy atom. The molecule has 1 aliphatic heterocycles. The summed E-state index contributed by atoms with van der Waals surface area (Å²) in [5.41, 5.74) is 5.43. The first-order valence-corrected chi connectivity index (χ1v) is 6.48. The monoisotopic (exact) mass is 227 g/mol. The van der Waals surface area contributed by atoms with Crippen molar-refractivity contribution in [3.63, 3.8) is 0 Å². The largest absolute Gasteiger partial charge is 0.409 e. The third-order valence-electron chi connectivity index (χ3n) is 3.48. The number of rotatable bonds is 6. The van der Waals surface area contributed by atoms with Crippen molar-refractivity contribution >= 4 is 5.84 Å². The number of oxime groups is 1. The van der Waals surface area contributed by atoms with Crippen molar-refractivity contribution in [2.75, 3.05) is 13.1 Å². The fourth-order valence-corrected chi connectivity index (χ4v) is 2.49. The van der Waals surface area contributed by atoms with Gasteiger partial charge in [0.15, 0.2) is 0 Å².